The lowest BCUT2D eigenvalue weighted by molar-refractivity contribution is -0.172. The first-order valence-electron chi connectivity index (χ1n) is 9.61. The molecule has 27 heavy (non-hydrogen) atoms. The van der Waals surface area contributed by atoms with Gasteiger partial charge in [0.15, 0.2) is 5.78 Å². The van der Waals surface area contributed by atoms with Crippen molar-refractivity contribution in [3.63, 3.8) is 0 Å². The minimum absolute atomic E-state index is 0.0323. The van der Waals surface area contributed by atoms with Gasteiger partial charge in [-0.3, -0.25) is 9.59 Å². The molecular weight excluding hydrogens is 344 g/mol. The maximum absolute atomic E-state index is 12.7. The number of Topliss-reactive ketones (excluding diaryl/α,β-unsaturated/α-hetero) is 2. The molecule has 4 aliphatic carbocycles. The molecule has 0 saturated heterocycles. The van der Waals surface area contributed by atoms with E-state index in [0.29, 0.717) is 17.6 Å². The molecule has 4 fully saturated rings. The quantitative estimate of drug-likeness (QED) is 0.700. The number of allylic oxidation sites excluding steroid dienone is 1. The molecule has 5 rings (SSSR count). The molecule has 4 saturated carbocycles. The van der Waals surface area contributed by atoms with Crippen LogP contribution in [0.25, 0.3) is 6.08 Å². The van der Waals surface area contributed by atoms with Crippen molar-refractivity contribution >= 4 is 17.6 Å². The molecule has 1 aromatic rings. The van der Waals surface area contributed by atoms with Gasteiger partial charge in [0.2, 0.25) is 0 Å². The van der Waals surface area contributed by atoms with Gasteiger partial charge in [-0.15, -0.1) is 0 Å². The van der Waals surface area contributed by atoms with Gasteiger partial charge in [-0.25, -0.2) is 0 Å². The summed E-state index contributed by atoms with van der Waals surface area (Å²) in [5.74, 6) is 0.821. The van der Waals surface area contributed by atoms with E-state index < -0.39 is 24.6 Å². The van der Waals surface area contributed by atoms with E-state index >= 15 is 0 Å². The number of ketones is 2. The topological polar surface area (TPSA) is 94.8 Å². The molecule has 0 aromatic heterocycles. The van der Waals surface area contributed by atoms with E-state index in [9.17, 15) is 19.8 Å². The van der Waals surface area contributed by atoms with Crippen LogP contribution in [0.1, 0.15) is 31.4 Å². The minimum atomic E-state index is -1.55. The van der Waals surface area contributed by atoms with Crippen LogP contribution in [-0.2, 0) is 16.0 Å². The highest BCUT2D eigenvalue weighted by Gasteiger charge is 3.06. The molecular formula is C22H24O5. The molecule has 0 heterocycles. The summed E-state index contributed by atoms with van der Waals surface area (Å²) in [6.07, 6.45) is 0.490. The van der Waals surface area contributed by atoms with Crippen LogP contribution in [0.15, 0.2) is 29.8 Å². The largest absolute Gasteiger partial charge is 0.393 e. The molecule has 7 unspecified atom stereocenters. The van der Waals surface area contributed by atoms with E-state index in [4.69, 9.17) is 5.11 Å². The fourth-order valence-corrected chi connectivity index (χ4v) is 7.06. The second kappa shape index (κ2) is 4.96. The third-order valence-corrected chi connectivity index (χ3v) is 8.31. The van der Waals surface area contributed by atoms with Gasteiger partial charge in [0.1, 0.15) is 18.0 Å². The summed E-state index contributed by atoms with van der Waals surface area (Å²) in [7, 11) is 0. The zero-order valence-electron chi connectivity index (χ0n) is 15.5. The Morgan fingerprint density at radius 3 is 2.48 bits per heavy atom. The normalized spacial score (nSPS) is 43.6. The first kappa shape index (κ1) is 17.3. The summed E-state index contributed by atoms with van der Waals surface area (Å²) in [5.41, 5.74) is 3.06. The molecule has 1 spiro atoms. The van der Waals surface area contributed by atoms with Crippen LogP contribution in [0.2, 0.25) is 0 Å². The van der Waals surface area contributed by atoms with Crippen molar-refractivity contribution in [2.24, 2.45) is 28.1 Å². The zero-order chi connectivity index (χ0) is 19.4. The Morgan fingerprint density at radius 2 is 1.89 bits per heavy atom. The maximum Gasteiger partial charge on any atom is 0.192 e. The first-order chi connectivity index (χ1) is 12.7. The molecule has 5 heteroatoms. The Labute approximate surface area is 157 Å². The number of carbonyl (C=O) groups excluding carboxylic acids is 2. The van der Waals surface area contributed by atoms with Gasteiger partial charge in [-0.05, 0) is 36.3 Å². The second-order valence-electron chi connectivity index (χ2n) is 9.03. The maximum atomic E-state index is 12.7. The van der Waals surface area contributed by atoms with Crippen LogP contribution in [0.5, 0.6) is 0 Å². The van der Waals surface area contributed by atoms with E-state index in [1.54, 1.807) is 0 Å². The molecule has 1 aromatic carbocycles. The van der Waals surface area contributed by atoms with Gasteiger partial charge < -0.3 is 15.3 Å². The Kier molecular flexibility index (Phi) is 3.18. The van der Waals surface area contributed by atoms with Crippen molar-refractivity contribution in [1.82, 2.24) is 0 Å². The lowest BCUT2D eigenvalue weighted by atomic mass is 9.33. The predicted octanol–water partition coefficient (Wildman–Crippen LogP) is 1.14. The molecule has 0 radical (unpaired) electrons. The molecule has 0 amide bonds. The molecule has 3 N–H and O–H groups in total. The van der Waals surface area contributed by atoms with Crippen LogP contribution in [0.3, 0.4) is 0 Å². The van der Waals surface area contributed by atoms with Crippen LogP contribution < -0.4 is 0 Å². The number of hydrogen-bond donors (Lipinski definition) is 3. The second-order valence-corrected chi connectivity index (χ2v) is 9.03. The number of hydrogen-bond acceptors (Lipinski definition) is 5. The molecule has 7 atom stereocenters. The van der Waals surface area contributed by atoms with Gasteiger partial charge in [-0.2, -0.15) is 0 Å². The van der Waals surface area contributed by atoms with Crippen LogP contribution >= 0.6 is 0 Å². The van der Waals surface area contributed by atoms with Crippen molar-refractivity contribution in [2.75, 3.05) is 6.61 Å². The summed E-state index contributed by atoms with van der Waals surface area (Å²) >= 11 is 0. The molecule has 0 aliphatic heterocycles. The fraction of sp³-hybridized carbons (Fsp3) is 0.545. The smallest absolute Gasteiger partial charge is 0.192 e. The van der Waals surface area contributed by atoms with Crippen LogP contribution in [0, 0.1) is 28.1 Å². The number of aliphatic hydroxyl groups is 3. The highest BCUT2D eigenvalue weighted by Crippen LogP contribution is 3.05. The highest BCUT2D eigenvalue weighted by atomic mass is 16.3. The van der Waals surface area contributed by atoms with Gasteiger partial charge in [-0.1, -0.05) is 42.8 Å². The lowest BCUT2D eigenvalue weighted by Gasteiger charge is -2.68. The average Bonchev–Trinajstić information content (AvgIpc) is 3.15. The van der Waals surface area contributed by atoms with Gasteiger partial charge in [0.05, 0.1) is 12.0 Å². The van der Waals surface area contributed by atoms with Gasteiger partial charge >= 0.3 is 0 Å². The van der Waals surface area contributed by atoms with Crippen LogP contribution in [0.4, 0.5) is 0 Å². The third-order valence-electron chi connectivity index (χ3n) is 8.31. The number of fused-ring (bicyclic) bond motifs is 1. The Bertz CT molecular complexity index is 902. The van der Waals surface area contributed by atoms with Crippen molar-refractivity contribution in [3.05, 3.63) is 41.0 Å². The molecule has 5 nitrogen and oxygen atoms in total. The first-order valence-corrected chi connectivity index (χ1v) is 9.61. The zero-order valence-corrected chi connectivity index (χ0v) is 15.5. The van der Waals surface area contributed by atoms with E-state index in [0.717, 1.165) is 17.5 Å². The monoisotopic (exact) mass is 368 g/mol. The van der Waals surface area contributed by atoms with Gasteiger partial charge in [0, 0.05) is 17.3 Å². The number of rotatable bonds is 6. The summed E-state index contributed by atoms with van der Waals surface area (Å²) in [5, 5.41) is 28.0. The molecule has 0 bridgehead atoms. The molecule has 4 aliphatic rings. The summed E-state index contributed by atoms with van der Waals surface area (Å²) in [4.78, 5) is 24.4. The van der Waals surface area contributed by atoms with Crippen molar-refractivity contribution in [1.29, 1.82) is 0 Å². The SMILES string of the molecule is CC12C(=O)C3(C)C4CC(/C1=C\c1ccc(CC(O)C(=O)C(O)CO)cc1)C423. The average molecular weight is 368 g/mol. The van der Waals surface area contributed by atoms with E-state index in [2.05, 4.69) is 19.9 Å². The predicted molar refractivity (Wildman–Crippen MR) is 97.5 cm³/mol. The third kappa shape index (κ3) is 1.60. The minimum Gasteiger partial charge on any atom is -0.393 e. The molecule has 142 valence electrons. The number of aliphatic hydroxyl groups excluding tert-OH is 3. The van der Waals surface area contributed by atoms with E-state index in [-0.39, 0.29) is 22.7 Å². The van der Waals surface area contributed by atoms with Gasteiger partial charge in [0.25, 0.3) is 0 Å². The fourth-order valence-electron chi connectivity index (χ4n) is 7.06. The summed E-state index contributed by atoms with van der Waals surface area (Å²) < 4.78 is 0. The van der Waals surface area contributed by atoms with E-state index in [1.165, 1.54) is 5.57 Å². The van der Waals surface area contributed by atoms with Crippen molar-refractivity contribution in [3.8, 4) is 0 Å². The highest BCUT2D eigenvalue weighted by molar-refractivity contribution is 6.12. The number of carbonyl (C=O) groups is 2. The number of benzene rings is 1. The standard InChI is InChI=1S/C22H24O5/c1-20-13(14-9-17-21(2,19(20)27)22(14,17)20)7-11-3-5-12(6-4-11)8-15(24)18(26)16(25)10-23/h3-7,14-17,23-25H,8-10H2,1-2H3/b13-7+. The van der Waals surface area contributed by atoms with E-state index in [1.807, 2.05) is 24.3 Å². The van der Waals surface area contributed by atoms with Crippen molar-refractivity contribution < 1.29 is 24.9 Å². The summed E-state index contributed by atoms with van der Waals surface area (Å²) in [6, 6.07) is 7.56. The lowest BCUT2D eigenvalue weighted by Crippen LogP contribution is -2.69. The van der Waals surface area contributed by atoms with Crippen molar-refractivity contribution in [2.45, 2.75) is 38.9 Å². The Morgan fingerprint density at radius 1 is 1.22 bits per heavy atom. The Hall–Kier alpha value is -1.82. The van der Waals surface area contributed by atoms with Crippen LogP contribution in [-0.4, -0.2) is 45.7 Å². The summed E-state index contributed by atoms with van der Waals surface area (Å²) in [6.45, 7) is 3.57. The Balaban J connectivity index is 1.31.